The maximum absolute atomic E-state index is 14.6. The number of hydrogen-bond acceptors (Lipinski definition) is 8. The lowest BCUT2D eigenvalue weighted by Gasteiger charge is -2.23. The van der Waals surface area contributed by atoms with Crippen molar-refractivity contribution >= 4 is 46.0 Å². The normalized spacial score (nSPS) is 16.6. The molecule has 2 amide bonds. The van der Waals surface area contributed by atoms with Crippen LogP contribution in [-0.2, 0) is 16.1 Å². The number of nitrogens with zero attached hydrogens (tertiary/aromatic N) is 6. The molecule has 1 aliphatic rings. The second-order valence-corrected chi connectivity index (χ2v) is 10.3. The van der Waals surface area contributed by atoms with Gasteiger partial charge in [0.25, 0.3) is 11.8 Å². The minimum atomic E-state index is -1.39. The number of ketones is 1. The Morgan fingerprint density at radius 2 is 1.95 bits per heavy atom. The Labute approximate surface area is 243 Å². The lowest BCUT2D eigenvalue weighted by molar-refractivity contribution is -0.137. The molecule has 212 valence electrons. The molecule has 1 saturated heterocycles. The van der Waals surface area contributed by atoms with Crippen LogP contribution in [0.2, 0.25) is 5.02 Å². The molecule has 0 bridgehead atoms. The molecule has 6 rings (SSSR count). The fraction of sp³-hybridized carbons (Fsp3) is 0.207. The van der Waals surface area contributed by atoms with E-state index in [1.807, 2.05) is 18.2 Å². The monoisotopic (exact) mass is 587 g/mol. The van der Waals surface area contributed by atoms with Gasteiger partial charge in [0, 0.05) is 34.6 Å². The quantitative estimate of drug-likeness (QED) is 0.273. The summed E-state index contributed by atoms with van der Waals surface area (Å²) in [6, 6.07) is 13.1. The van der Waals surface area contributed by atoms with Crippen molar-refractivity contribution in [2.45, 2.75) is 32.1 Å². The molecule has 0 spiro atoms. The van der Waals surface area contributed by atoms with Crippen LogP contribution in [0.3, 0.4) is 0 Å². The van der Waals surface area contributed by atoms with Gasteiger partial charge in [0.15, 0.2) is 5.78 Å². The fourth-order valence-electron chi connectivity index (χ4n) is 5.11. The van der Waals surface area contributed by atoms with Gasteiger partial charge in [0.05, 0.1) is 29.5 Å². The highest BCUT2D eigenvalue weighted by molar-refractivity contribution is 6.33. The zero-order valence-electron chi connectivity index (χ0n) is 22.2. The van der Waals surface area contributed by atoms with Crippen LogP contribution in [0.15, 0.2) is 71.6 Å². The molecule has 1 N–H and O–H groups in total. The first kappa shape index (κ1) is 27.2. The molecule has 4 heterocycles. The van der Waals surface area contributed by atoms with Gasteiger partial charge in [-0.15, -0.1) is 0 Å². The molecule has 5 aromatic rings. The van der Waals surface area contributed by atoms with Gasteiger partial charge in [-0.1, -0.05) is 29.8 Å². The van der Waals surface area contributed by atoms with Crippen LogP contribution in [0.5, 0.6) is 0 Å². The van der Waals surface area contributed by atoms with Crippen molar-refractivity contribution in [3.63, 3.8) is 0 Å². The number of amides is 2. The first-order valence-corrected chi connectivity index (χ1v) is 13.4. The minimum Gasteiger partial charge on any atom is -0.337 e. The Morgan fingerprint density at radius 3 is 2.71 bits per heavy atom. The topological polar surface area (TPSA) is 136 Å². The molecule has 11 nitrogen and oxygen atoms in total. The first-order valence-electron chi connectivity index (χ1n) is 13.0. The average Bonchev–Trinajstić information content (AvgIpc) is 3.71. The van der Waals surface area contributed by atoms with Gasteiger partial charge < -0.3 is 14.0 Å². The van der Waals surface area contributed by atoms with Crippen molar-refractivity contribution in [2.24, 2.45) is 0 Å². The molecule has 1 fully saturated rings. The highest BCUT2D eigenvalue weighted by atomic mass is 35.5. The Balaban J connectivity index is 1.22. The molecule has 2 atom stereocenters. The number of carbonyl (C=O) groups is 3. The molecule has 2 aromatic carbocycles. The van der Waals surface area contributed by atoms with Gasteiger partial charge >= 0.3 is 0 Å². The number of anilines is 1. The number of hydrogen-bond donors (Lipinski definition) is 1. The fourth-order valence-corrected chi connectivity index (χ4v) is 5.32. The van der Waals surface area contributed by atoms with E-state index in [2.05, 4.69) is 25.7 Å². The number of aromatic nitrogens is 5. The summed E-state index contributed by atoms with van der Waals surface area (Å²) in [5.41, 5.74) is 3.23. The molecule has 0 radical (unpaired) electrons. The predicted molar refractivity (Wildman–Crippen MR) is 151 cm³/mol. The van der Waals surface area contributed by atoms with Gasteiger partial charge in [-0.05, 0) is 48.0 Å². The maximum atomic E-state index is 14.6. The van der Waals surface area contributed by atoms with E-state index in [1.54, 1.807) is 53.5 Å². The molecule has 3 aromatic heterocycles. The lowest BCUT2D eigenvalue weighted by Crippen LogP contribution is -2.44. The van der Waals surface area contributed by atoms with E-state index in [0.717, 1.165) is 11.1 Å². The van der Waals surface area contributed by atoms with E-state index < -0.39 is 24.0 Å². The molecule has 1 aliphatic heterocycles. The van der Waals surface area contributed by atoms with Crippen LogP contribution in [0, 0.1) is 0 Å². The van der Waals surface area contributed by atoms with Crippen molar-refractivity contribution in [3.05, 3.63) is 77.7 Å². The van der Waals surface area contributed by atoms with Gasteiger partial charge in [-0.3, -0.25) is 19.7 Å². The summed E-state index contributed by atoms with van der Waals surface area (Å²) in [5, 5.41) is 15.0. The second kappa shape index (κ2) is 11.1. The van der Waals surface area contributed by atoms with Crippen molar-refractivity contribution < 1.29 is 23.3 Å². The van der Waals surface area contributed by atoms with Crippen LogP contribution in [-0.4, -0.2) is 66.2 Å². The third kappa shape index (κ3) is 5.23. The van der Waals surface area contributed by atoms with E-state index in [9.17, 15) is 18.8 Å². The van der Waals surface area contributed by atoms with Crippen molar-refractivity contribution in [2.75, 3.05) is 11.9 Å². The zero-order valence-corrected chi connectivity index (χ0v) is 23.0. The van der Waals surface area contributed by atoms with Crippen molar-refractivity contribution in [1.29, 1.82) is 0 Å². The Bertz CT molecular complexity index is 1820. The van der Waals surface area contributed by atoms with E-state index >= 15 is 0 Å². The Hall–Kier alpha value is -4.97. The standard InChI is InChI=1S/C29H23ClFN7O4/c1-16(39)22-14-37(24-7-6-17(10-21(22)24)18-8-9-32-33-12-18)15-26(40)38-13-19(31)11-25(38)27(41)34-29-35-28(42-36-29)20-4-2-3-5-23(20)30/h2-10,12,14,19,25H,11,13,15H2,1H3,(H,34,36,41). The summed E-state index contributed by atoms with van der Waals surface area (Å²) < 4.78 is 21.4. The van der Waals surface area contributed by atoms with E-state index in [0.29, 0.717) is 27.1 Å². The highest BCUT2D eigenvalue weighted by Gasteiger charge is 2.40. The van der Waals surface area contributed by atoms with Crippen LogP contribution >= 0.6 is 11.6 Å². The number of likely N-dealkylation sites (tertiary alicyclic amines) is 1. The molecular weight excluding hydrogens is 565 g/mol. The summed E-state index contributed by atoms with van der Waals surface area (Å²) in [6.07, 6.45) is 3.23. The number of rotatable bonds is 7. The molecule has 0 saturated carbocycles. The maximum Gasteiger partial charge on any atom is 0.270 e. The van der Waals surface area contributed by atoms with Crippen LogP contribution < -0.4 is 5.32 Å². The third-order valence-electron chi connectivity index (χ3n) is 7.12. The highest BCUT2D eigenvalue weighted by Crippen LogP contribution is 2.30. The third-order valence-corrected chi connectivity index (χ3v) is 7.45. The molecule has 13 heteroatoms. The van der Waals surface area contributed by atoms with Crippen molar-refractivity contribution in [3.8, 4) is 22.6 Å². The molecule has 42 heavy (non-hydrogen) atoms. The van der Waals surface area contributed by atoms with E-state index in [1.165, 1.54) is 11.8 Å². The smallest absolute Gasteiger partial charge is 0.270 e. The summed E-state index contributed by atoms with van der Waals surface area (Å²) in [4.78, 5) is 44.4. The summed E-state index contributed by atoms with van der Waals surface area (Å²) in [5.74, 6) is -1.33. The van der Waals surface area contributed by atoms with E-state index in [4.69, 9.17) is 16.1 Å². The zero-order chi connectivity index (χ0) is 29.4. The number of nitrogens with one attached hydrogen (secondary N) is 1. The summed E-state index contributed by atoms with van der Waals surface area (Å²) >= 11 is 6.18. The predicted octanol–water partition coefficient (Wildman–Crippen LogP) is 4.58. The van der Waals surface area contributed by atoms with Crippen LogP contribution in [0.1, 0.15) is 23.7 Å². The number of alkyl halides is 1. The minimum absolute atomic E-state index is 0.0998. The number of benzene rings is 2. The summed E-state index contributed by atoms with van der Waals surface area (Å²) in [7, 11) is 0. The van der Waals surface area contributed by atoms with Gasteiger partial charge in [-0.2, -0.15) is 15.2 Å². The Kier molecular flexibility index (Phi) is 7.21. The number of halogens is 2. The lowest BCUT2D eigenvalue weighted by atomic mass is 10.0. The molecular formula is C29H23ClFN7O4. The average molecular weight is 588 g/mol. The van der Waals surface area contributed by atoms with Gasteiger partial charge in [0.2, 0.25) is 11.8 Å². The van der Waals surface area contributed by atoms with Gasteiger partial charge in [-0.25, -0.2) is 4.39 Å². The van der Waals surface area contributed by atoms with Crippen molar-refractivity contribution in [1.82, 2.24) is 29.8 Å². The first-order chi connectivity index (χ1) is 20.3. The number of Topliss-reactive ketones (excluding diaryl/α,β-unsaturated/α-hetero) is 1. The second-order valence-electron chi connectivity index (χ2n) is 9.88. The largest absolute Gasteiger partial charge is 0.337 e. The summed E-state index contributed by atoms with van der Waals surface area (Å²) in [6.45, 7) is 1.01. The number of fused-ring (bicyclic) bond motifs is 1. The van der Waals surface area contributed by atoms with Gasteiger partial charge in [0.1, 0.15) is 18.8 Å². The SMILES string of the molecule is CC(=O)c1cn(CC(=O)N2CC(F)CC2C(=O)Nc2noc(-c3ccccc3Cl)n2)c2ccc(-c3ccnnc3)cc12. The van der Waals surface area contributed by atoms with Crippen LogP contribution in [0.4, 0.5) is 10.3 Å². The Morgan fingerprint density at radius 1 is 1.12 bits per heavy atom. The van der Waals surface area contributed by atoms with E-state index in [-0.39, 0.29) is 37.1 Å². The molecule has 2 unspecified atom stereocenters. The van der Waals surface area contributed by atoms with Crippen LogP contribution in [0.25, 0.3) is 33.5 Å². The molecule has 0 aliphatic carbocycles. The number of carbonyl (C=O) groups excluding carboxylic acids is 3.